The Morgan fingerprint density at radius 3 is 2.65 bits per heavy atom. The summed E-state index contributed by atoms with van der Waals surface area (Å²) in [5.74, 6) is -0.116. The number of nitrogen functional groups attached to an aromatic ring is 1. The van der Waals surface area contributed by atoms with Crippen molar-refractivity contribution in [2.75, 3.05) is 16.4 Å². The lowest BCUT2D eigenvalue weighted by atomic mass is 10.3. The molecule has 1 amide bonds. The van der Waals surface area contributed by atoms with Crippen LogP contribution in [0.1, 0.15) is 13.3 Å². The van der Waals surface area contributed by atoms with E-state index in [-0.39, 0.29) is 29.8 Å². The fraction of sp³-hybridized carbons (Fsp3) is 0.154. The molecule has 0 radical (unpaired) electrons. The van der Waals surface area contributed by atoms with Gasteiger partial charge in [0.2, 0.25) is 11.9 Å². The van der Waals surface area contributed by atoms with Gasteiger partial charge in [-0.1, -0.05) is 25.1 Å². The van der Waals surface area contributed by atoms with E-state index in [1.54, 1.807) is 6.92 Å². The third kappa shape index (κ3) is 3.14. The molecule has 0 aliphatic heterocycles. The Kier molecular flexibility index (Phi) is 3.99. The van der Waals surface area contributed by atoms with Gasteiger partial charge < -0.3 is 16.4 Å². The summed E-state index contributed by atoms with van der Waals surface area (Å²) < 4.78 is 0. The maximum atomic E-state index is 11.9. The highest BCUT2D eigenvalue weighted by molar-refractivity contribution is 5.92. The Hall–Kier alpha value is -2.83. The molecule has 5 N–H and O–H groups in total. The Balaban J connectivity index is 2.26. The summed E-state index contributed by atoms with van der Waals surface area (Å²) in [6.45, 7) is 1.68. The summed E-state index contributed by atoms with van der Waals surface area (Å²) in [6.07, 6.45) is 0.253. The molecule has 0 aliphatic carbocycles. The third-order valence-corrected chi connectivity index (χ3v) is 2.57. The molecule has 0 bridgehead atoms. The molecule has 2 rings (SSSR count). The normalized spacial score (nSPS) is 10.1. The second-order valence-corrected chi connectivity index (χ2v) is 4.07. The standard InChI is InChI=1S/C13H15N5O2/c1-2-9(19)16-10-11(14)17-13(18-12(10)20)15-8-6-4-3-5-7-8/h3-7H,2H2,1H3,(H,16,19)(H4,14,15,17,18,20). The van der Waals surface area contributed by atoms with E-state index in [1.807, 2.05) is 30.3 Å². The summed E-state index contributed by atoms with van der Waals surface area (Å²) in [5.41, 5.74) is 5.92. The third-order valence-electron chi connectivity index (χ3n) is 2.57. The summed E-state index contributed by atoms with van der Waals surface area (Å²) in [6, 6.07) is 9.21. The molecule has 2 aromatic rings. The molecule has 0 saturated heterocycles. The van der Waals surface area contributed by atoms with Crippen LogP contribution in [0.3, 0.4) is 0 Å². The Labute approximate surface area is 115 Å². The lowest BCUT2D eigenvalue weighted by Crippen LogP contribution is -2.22. The number of benzene rings is 1. The molecule has 0 fully saturated rings. The number of carbonyl (C=O) groups is 1. The maximum absolute atomic E-state index is 11.9. The van der Waals surface area contributed by atoms with Crippen molar-refractivity contribution in [3.8, 4) is 0 Å². The van der Waals surface area contributed by atoms with Crippen molar-refractivity contribution in [3.63, 3.8) is 0 Å². The van der Waals surface area contributed by atoms with E-state index in [1.165, 1.54) is 0 Å². The molecule has 1 aromatic carbocycles. The molecule has 0 saturated carbocycles. The number of rotatable bonds is 4. The van der Waals surface area contributed by atoms with E-state index in [0.717, 1.165) is 5.69 Å². The molecule has 0 atom stereocenters. The zero-order chi connectivity index (χ0) is 14.5. The van der Waals surface area contributed by atoms with Gasteiger partial charge in [-0.25, -0.2) is 0 Å². The number of amides is 1. The number of hydrogen-bond acceptors (Lipinski definition) is 5. The number of anilines is 4. The molecule has 0 spiro atoms. The Morgan fingerprint density at radius 2 is 2.05 bits per heavy atom. The van der Waals surface area contributed by atoms with Crippen molar-refractivity contribution in [1.29, 1.82) is 0 Å². The molecular weight excluding hydrogens is 258 g/mol. The van der Waals surface area contributed by atoms with Crippen molar-refractivity contribution in [3.05, 3.63) is 40.7 Å². The number of para-hydroxylation sites is 1. The molecule has 1 aromatic heterocycles. The lowest BCUT2D eigenvalue weighted by Gasteiger charge is -2.09. The van der Waals surface area contributed by atoms with E-state index in [2.05, 4.69) is 20.6 Å². The van der Waals surface area contributed by atoms with E-state index in [0.29, 0.717) is 0 Å². The van der Waals surface area contributed by atoms with Crippen LogP contribution in [0.4, 0.5) is 23.1 Å². The van der Waals surface area contributed by atoms with Crippen molar-refractivity contribution in [1.82, 2.24) is 9.97 Å². The maximum Gasteiger partial charge on any atom is 0.278 e. The molecule has 104 valence electrons. The number of nitrogens with one attached hydrogen (secondary N) is 3. The molecule has 0 unspecified atom stereocenters. The first-order valence-corrected chi connectivity index (χ1v) is 6.12. The van der Waals surface area contributed by atoms with Crippen LogP contribution in [-0.4, -0.2) is 15.9 Å². The van der Waals surface area contributed by atoms with Crippen molar-refractivity contribution >= 4 is 29.0 Å². The second kappa shape index (κ2) is 5.87. The average molecular weight is 273 g/mol. The predicted molar refractivity (Wildman–Crippen MR) is 77.9 cm³/mol. The predicted octanol–water partition coefficient (Wildman–Crippen LogP) is 1.44. The van der Waals surface area contributed by atoms with Crippen molar-refractivity contribution < 1.29 is 4.79 Å². The minimum atomic E-state index is -0.502. The van der Waals surface area contributed by atoms with E-state index in [4.69, 9.17) is 5.73 Å². The lowest BCUT2D eigenvalue weighted by molar-refractivity contribution is -0.115. The van der Waals surface area contributed by atoms with Gasteiger partial charge in [0.15, 0.2) is 5.82 Å². The average Bonchev–Trinajstić information content (AvgIpc) is 2.43. The quantitative estimate of drug-likeness (QED) is 0.673. The van der Waals surface area contributed by atoms with Crippen LogP contribution < -0.4 is 21.9 Å². The van der Waals surface area contributed by atoms with Gasteiger partial charge in [0, 0.05) is 12.1 Å². The highest BCUT2D eigenvalue weighted by Gasteiger charge is 2.11. The van der Waals surface area contributed by atoms with Gasteiger partial charge in [0.25, 0.3) is 5.56 Å². The number of H-pyrrole nitrogens is 1. The van der Waals surface area contributed by atoms with Crippen LogP contribution in [0.15, 0.2) is 35.1 Å². The zero-order valence-electron chi connectivity index (χ0n) is 10.9. The van der Waals surface area contributed by atoms with Crippen molar-refractivity contribution in [2.24, 2.45) is 0 Å². The second-order valence-electron chi connectivity index (χ2n) is 4.07. The van der Waals surface area contributed by atoms with Crippen LogP contribution in [-0.2, 0) is 4.79 Å². The van der Waals surface area contributed by atoms with Gasteiger partial charge in [-0.05, 0) is 12.1 Å². The molecule has 7 nitrogen and oxygen atoms in total. The number of hydrogen-bond donors (Lipinski definition) is 4. The highest BCUT2D eigenvalue weighted by atomic mass is 16.2. The van der Waals surface area contributed by atoms with Gasteiger partial charge in [-0.2, -0.15) is 4.98 Å². The molecule has 7 heteroatoms. The first-order chi connectivity index (χ1) is 9.60. The largest absolute Gasteiger partial charge is 0.382 e. The topological polar surface area (TPSA) is 113 Å². The van der Waals surface area contributed by atoms with Crippen molar-refractivity contribution in [2.45, 2.75) is 13.3 Å². The molecule has 0 aliphatic rings. The summed E-state index contributed by atoms with van der Waals surface area (Å²) >= 11 is 0. The highest BCUT2D eigenvalue weighted by Crippen LogP contribution is 2.15. The van der Waals surface area contributed by atoms with Gasteiger partial charge >= 0.3 is 0 Å². The smallest absolute Gasteiger partial charge is 0.278 e. The fourth-order valence-corrected chi connectivity index (χ4v) is 1.56. The minimum Gasteiger partial charge on any atom is -0.382 e. The SMILES string of the molecule is CCC(=O)Nc1c(N)nc(Nc2ccccc2)[nH]c1=O. The van der Waals surface area contributed by atoms with Gasteiger partial charge in [-0.3, -0.25) is 14.6 Å². The van der Waals surface area contributed by atoms with Crippen LogP contribution in [0.2, 0.25) is 0 Å². The van der Waals surface area contributed by atoms with E-state index >= 15 is 0 Å². The van der Waals surface area contributed by atoms with Crippen LogP contribution in [0.25, 0.3) is 0 Å². The van der Waals surface area contributed by atoms with Gasteiger partial charge in [0.1, 0.15) is 5.69 Å². The number of nitrogens with two attached hydrogens (primary N) is 1. The van der Waals surface area contributed by atoms with Crippen LogP contribution in [0, 0.1) is 0 Å². The first kappa shape index (κ1) is 13.6. The van der Waals surface area contributed by atoms with E-state index in [9.17, 15) is 9.59 Å². The summed E-state index contributed by atoms with van der Waals surface area (Å²) in [4.78, 5) is 29.7. The molecular formula is C13H15N5O2. The summed E-state index contributed by atoms with van der Waals surface area (Å²) in [7, 11) is 0. The number of nitrogens with zero attached hydrogens (tertiary/aromatic N) is 1. The molecule has 1 heterocycles. The van der Waals surface area contributed by atoms with Gasteiger partial charge in [0.05, 0.1) is 0 Å². The fourth-order valence-electron chi connectivity index (χ4n) is 1.56. The Morgan fingerprint density at radius 1 is 1.35 bits per heavy atom. The van der Waals surface area contributed by atoms with Gasteiger partial charge in [-0.15, -0.1) is 0 Å². The van der Waals surface area contributed by atoms with Crippen LogP contribution >= 0.6 is 0 Å². The monoisotopic (exact) mass is 273 g/mol. The van der Waals surface area contributed by atoms with E-state index < -0.39 is 5.56 Å². The number of carbonyl (C=O) groups excluding carboxylic acids is 1. The minimum absolute atomic E-state index is 0.0320. The molecule has 20 heavy (non-hydrogen) atoms. The summed E-state index contributed by atoms with van der Waals surface area (Å²) in [5, 5.41) is 5.34. The Bertz CT molecular complexity index is 666. The van der Waals surface area contributed by atoms with Crippen LogP contribution in [0.5, 0.6) is 0 Å². The number of aromatic amines is 1. The zero-order valence-corrected chi connectivity index (χ0v) is 10.9. The number of aromatic nitrogens is 2. The first-order valence-electron chi connectivity index (χ1n) is 6.12.